The molecule has 96 valence electrons. The van der Waals surface area contributed by atoms with Crippen molar-refractivity contribution < 1.29 is 14.7 Å². The Balaban J connectivity index is 2.11. The first-order valence-corrected chi connectivity index (χ1v) is 7.12. The van der Waals surface area contributed by atoms with Crippen molar-refractivity contribution in [2.24, 2.45) is 0 Å². The topological polar surface area (TPSA) is 66.4 Å². The molecule has 2 aromatic carbocycles. The molecule has 2 unspecified atom stereocenters. The van der Waals surface area contributed by atoms with Gasteiger partial charge in [0.2, 0.25) is 5.91 Å². The average molecular weight is 273 g/mol. The Hall–Kier alpha value is -2.14. The average Bonchev–Trinajstić information content (AvgIpc) is 2.63. The van der Waals surface area contributed by atoms with E-state index < -0.39 is 15.7 Å². The Morgan fingerprint density at radius 2 is 1.79 bits per heavy atom. The van der Waals surface area contributed by atoms with Gasteiger partial charge in [0.15, 0.2) is 0 Å². The van der Waals surface area contributed by atoms with Crippen LogP contribution in [0.1, 0.15) is 10.8 Å². The summed E-state index contributed by atoms with van der Waals surface area (Å²) in [5, 5.41) is 12.7. The number of hydrogen-bond donors (Lipinski definition) is 2. The number of phenols is 1. The van der Waals surface area contributed by atoms with Crippen LogP contribution in [0.4, 0.5) is 4.79 Å². The number of aromatic hydroxyl groups is 1. The van der Waals surface area contributed by atoms with Crippen LogP contribution < -0.4 is 5.32 Å². The maximum absolute atomic E-state index is 11.8. The first kappa shape index (κ1) is 11.9. The molecule has 3 rings (SSSR count). The van der Waals surface area contributed by atoms with E-state index in [0.717, 1.165) is 16.3 Å². The monoisotopic (exact) mass is 273 g/mol. The second kappa shape index (κ2) is 4.20. The lowest BCUT2D eigenvalue weighted by atomic mass is 10.0. The van der Waals surface area contributed by atoms with Crippen LogP contribution in [0.5, 0.6) is 5.75 Å². The van der Waals surface area contributed by atoms with Crippen molar-refractivity contribution in [3.8, 4) is 5.75 Å². The van der Waals surface area contributed by atoms with Crippen LogP contribution in [-0.2, 0) is 4.79 Å². The minimum Gasteiger partial charge on any atom is -0.508 e. The van der Waals surface area contributed by atoms with E-state index in [1.54, 1.807) is 24.3 Å². The molecule has 1 aliphatic heterocycles. The smallest absolute Gasteiger partial charge is 0.280 e. The molecule has 0 spiro atoms. The predicted molar refractivity (Wildman–Crippen MR) is 76.6 cm³/mol. The number of carbonyl (C=O) groups excluding carboxylic acids is 2. The summed E-state index contributed by atoms with van der Waals surface area (Å²) in [7, 11) is -0.883. The normalized spacial score (nSPS) is 22.7. The number of nitrogens with one attached hydrogen (secondary N) is 1. The van der Waals surface area contributed by atoms with Gasteiger partial charge in [-0.15, -0.1) is 0 Å². The van der Waals surface area contributed by atoms with Crippen LogP contribution in [0.25, 0.3) is 10.8 Å². The largest absolute Gasteiger partial charge is 0.508 e. The van der Waals surface area contributed by atoms with E-state index in [4.69, 9.17) is 0 Å². The number of imide groups is 1. The quantitative estimate of drug-likeness (QED) is 0.785. The molecule has 1 heterocycles. The fourth-order valence-electron chi connectivity index (χ4n) is 2.20. The van der Waals surface area contributed by atoms with Crippen molar-refractivity contribution in [3.05, 3.63) is 42.0 Å². The van der Waals surface area contributed by atoms with Crippen LogP contribution in [0.3, 0.4) is 0 Å². The maximum atomic E-state index is 11.8. The zero-order chi connectivity index (χ0) is 13.6. The molecule has 0 aromatic heterocycles. The van der Waals surface area contributed by atoms with Gasteiger partial charge in [-0.25, -0.2) is 0 Å². The van der Waals surface area contributed by atoms with Crippen molar-refractivity contribution in [2.75, 3.05) is 0 Å². The molecule has 0 aliphatic carbocycles. The van der Waals surface area contributed by atoms with E-state index >= 15 is 0 Å². The minimum atomic E-state index is -0.883. The molecule has 2 aromatic rings. The van der Waals surface area contributed by atoms with Gasteiger partial charge in [0.1, 0.15) is 11.0 Å². The van der Waals surface area contributed by atoms with Crippen molar-refractivity contribution in [3.63, 3.8) is 0 Å². The second-order valence-electron chi connectivity index (χ2n) is 4.38. The molecule has 2 N–H and O–H groups in total. The predicted octanol–water partition coefficient (Wildman–Crippen LogP) is 2.54. The molecule has 4 nitrogen and oxygen atoms in total. The van der Waals surface area contributed by atoms with Crippen LogP contribution >= 0.6 is 10.5 Å². The standard InChI is InChI=1S/C14H11NO3S/c1-19-12(13(17)15-14(19)18)10-3-2-9-7-11(16)5-4-8(9)6-10/h2-7,12,16H,1H2,(H,15,17,18). The highest BCUT2D eigenvalue weighted by molar-refractivity contribution is 8.28. The molecule has 19 heavy (non-hydrogen) atoms. The van der Waals surface area contributed by atoms with Crippen LogP contribution in [0, 0.1) is 0 Å². The van der Waals surface area contributed by atoms with Gasteiger partial charge in [0.05, 0.1) is 0 Å². The lowest BCUT2D eigenvalue weighted by Gasteiger charge is -2.09. The van der Waals surface area contributed by atoms with E-state index in [1.165, 1.54) is 0 Å². The van der Waals surface area contributed by atoms with Gasteiger partial charge in [-0.3, -0.25) is 14.9 Å². The molecule has 1 aliphatic rings. The molecule has 5 heteroatoms. The zero-order valence-corrected chi connectivity index (χ0v) is 10.7. The van der Waals surface area contributed by atoms with E-state index in [2.05, 4.69) is 11.2 Å². The van der Waals surface area contributed by atoms with Crippen molar-refractivity contribution in [2.45, 2.75) is 5.25 Å². The first-order valence-electron chi connectivity index (χ1n) is 5.66. The summed E-state index contributed by atoms with van der Waals surface area (Å²) in [6, 6.07) is 10.5. The highest BCUT2D eigenvalue weighted by atomic mass is 32.2. The Bertz CT molecular complexity index is 739. The van der Waals surface area contributed by atoms with E-state index in [9.17, 15) is 14.7 Å². The van der Waals surface area contributed by atoms with Gasteiger partial charge in [-0.2, -0.15) is 0 Å². The number of fused-ring (bicyclic) bond motifs is 1. The minimum absolute atomic E-state index is 0.200. The maximum Gasteiger partial charge on any atom is 0.280 e. The fourth-order valence-corrected chi connectivity index (χ4v) is 3.44. The van der Waals surface area contributed by atoms with E-state index in [1.807, 2.05) is 12.1 Å². The van der Waals surface area contributed by atoms with Gasteiger partial charge in [-0.05, 0) is 34.5 Å². The van der Waals surface area contributed by atoms with Gasteiger partial charge < -0.3 is 5.11 Å². The Kier molecular flexibility index (Phi) is 2.64. The molecule has 2 atom stereocenters. The summed E-state index contributed by atoms with van der Waals surface area (Å²) < 4.78 is 0. The van der Waals surface area contributed by atoms with Crippen LogP contribution in [-0.4, -0.2) is 22.1 Å². The lowest BCUT2D eigenvalue weighted by Crippen LogP contribution is -2.20. The number of rotatable bonds is 1. The van der Waals surface area contributed by atoms with Crippen molar-refractivity contribution in [1.82, 2.24) is 5.32 Å². The van der Waals surface area contributed by atoms with E-state index in [-0.39, 0.29) is 16.9 Å². The van der Waals surface area contributed by atoms with Gasteiger partial charge in [0, 0.05) is 0 Å². The van der Waals surface area contributed by atoms with Crippen LogP contribution in [0.2, 0.25) is 0 Å². The van der Waals surface area contributed by atoms with Crippen LogP contribution in [0.15, 0.2) is 36.4 Å². The molecule has 0 radical (unpaired) electrons. The number of amides is 2. The number of carbonyl (C=O) groups is 2. The Morgan fingerprint density at radius 3 is 2.47 bits per heavy atom. The third-order valence-corrected chi connectivity index (χ3v) is 4.77. The molecule has 1 fully saturated rings. The summed E-state index contributed by atoms with van der Waals surface area (Å²) >= 11 is 0. The third kappa shape index (κ3) is 1.92. The summed E-state index contributed by atoms with van der Waals surface area (Å²) in [5.74, 6) is 3.69. The highest BCUT2D eigenvalue weighted by Gasteiger charge is 2.35. The third-order valence-electron chi connectivity index (χ3n) is 3.14. The number of hydrogen-bond acceptors (Lipinski definition) is 3. The highest BCUT2D eigenvalue weighted by Crippen LogP contribution is 2.40. The van der Waals surface area contributed by atoms with Gasteiger partial charge >= 0.3 is 0 Å². The van der Waals surface area contributed by atoms with Crippen molar-refractivity contribution >= 4 is 38.3 Å². The van der Waals surface area contributed by atoms with Gasteiger partial charge in [0.25, 0.3) is 5.24 Å². The summed E-state index contributed by atoms with van der Waals surface area (Å²) in [6.07, 6.45) is 0. The lowest BCUT2D eigenvalue weighted by molar-refractivity contribution is -0.119. The SMILES string of the molecule is C=S1C(=O)NC(=O)C1c1ccc2cc(O)ccc2c1. The molecular weight excluding hydrogens is 262 g/mol. The molecule has 1 saturated heterocycles. The Labute approximate surface area is 112 Å². The van der Waals surface area contributed by atoms with Gasteiger partial charge in [-0.1, -0.05) is 34.6 Å². The van der Waals surface area contributed by atoms with E-state index in [0.29, 0.717) is 0 Å². The zero-order valence-electron chi connectivity index (χ0n) is 9.92. The summed E-state index contributed by atoms with van der Waals surface area (Å²) in [5.41, 5.74) is 0.778. The fraction of sp³-hybridized carbons (Fsp3) is 0.0714. The summed E-state index contributed by atoms with van der Waals surface area (Å²) in [6.45, 7) is 0. The molecule has 0 saturated carbocycles. The summed E-state index contributed by atoms with van der Waals surface area (Å²) in [4.78, 5) is 23.2. The Morgan fingerprint density at radius 1 is 1.11 bits per heavy atom. The second-order valence-corrected chi connectivity index (χ2v) is 6.08. The number of phenolic OH excluding ortho intramolecular Hbond substituents is 1. The molecule has 0 bridgehead atoms. The molecular formula is C14H11NO3S. The molecule has 2 amide bonds. The first-order chi connectivity index (χ1) is 9.06. The number of benzene rings is 2. The van der Waals surface area contributed by atoms with Crippen molar-refractivity contribution in [1.29, 1.82) is 0 Å².